The molecule has 3 rings (SSSR count). The molecule has 5 heteroatoms. The van der Waals surface area contributed by atoms with Gasteiger partial charge in [-0.1, -0.05) is 11.6 Å². The molecule has 1 aromatic heterocycles. The van der Waals surface area contributed by atoms with Crippen molar-refractivity contribution in [2.24, 2.45) is 0 Å². The molecular formula is C14H16Cl2N2O. The fraction of sp³-hybridized carbons (Fsp3) is 0.500. The molecule has 0 saturated carbocycles. The van der Waals surface area contributed by atoms with Crippen molar-refractivity contribution in [1.29, 1.82) is 0 Å². The first-order chi connectivity index (χ1) is 9.29. The molecule has 0 N–H and O–H groups in total. The summed E-state index contributed by atoms with van der Waals surface area (Å²) in [4.78, 5) is 4.68. The molecule has 1 atom stereocenters. The molecule has 19 heavy (non-hydrogen) atoms. The fourth-order valence-corrected chi connectivity index (χ4v) is 3.05. The maximum absolute atomic E-state index is 6.12. The molecular weight excluding hydrogens is 283 g/mol. The molecule has 3 nitrogen and oxygen atoms in total. The Kier molecular flexibility index (Phi) is 3.96. The summed E-state index contributed by atoms with van der Waals surface area (Å²) in [5.41, 5.74) is 2.07. The summed E-state index contributed by atoms with van der Waals surface area (Å²) >= 11 is 12.0. The number of rotatable bonds is 3. The summed E-state index contributed by atoms with van der Waals surface area (Å²) in [7, 11) is 0. The van der Waals surface area contributed by atoms with E-state index in [1.807, 2.05) is 18.2 Å². The van der Waals surface area contributed by atoms with E-state index < -0.39 is 0 Å². The number of aryl methyl sites for hydroxylation is 1. The molecule has 0 bridgehead atoms. The highest BCUT2D eigenvalue weighted by Gasteiger charge is 2.21. The van der Waals surface area contributed by atoms with Gasteiger partial charge < -0.3 is 9.30 Å². The quantitative estimate of drug-likeness (QED) is 0.806. The van der Waals surface area contributed by atoms with Crippen LogP contribution in [0.4, 0.5) is 0 Å². The van der Waals surface area contributed by atoms with Gasteiger partial charge in [0.05, 0.1) is 23.7 Å². The molecule has 102 valence electrons. The topological polar surface area (TPSA) is 27.1 Å². The number of hydrogen-bond acceptors (Lipinski definition) is 2. The van der Waals surface area contributed by atoms with Crippen molar-refractivity contribution in [2.45, 2.75) is 25.3 Å². The normalized spacial score (nSPS) is 20.0. The third kappa shape index (κ3) is 2.60. The smallest absolute Gasteiger partial charge is 0.111 e. The van der Waals surface area contributed by atoms with Gasteiger partial charge in [0.15, 0.2) is 0 Å². The second-order valence-electron chi connectivity index (χ2n) is 4.84. The Bertz CT molecular complexity index is 576. The minimum Gasteiger partial charge on any atom is -0.379 e. The first-order valence-electron chi connectivity index (χ1n) is 6.59. The fourth-order valence-electron chi connectivity index (χ4n) is 2.71. The van der Waals surface area contributed by atoms with E-state index in [9.17, 15) is 0 Å². The molecule has 2 aromatic rings. The van der Waals surface area contributed by atoms with Crippen LogP contribution in [0.5, 0.6) is 0 Å². The van der Waals surface area contributed by atoms with Gasteiger partial charge in [0.2, 0.25) is 0 Å². The van der Waals surface area contributed by atoms with Crippen LogP contribution in [0.15, 0.2) is 18.2 Å². The van der Waals surface area contributed by atoms with Crippen molar-refractivity contribution in [3.63, 3.8) is 0 Å². The first-order valence-corrected chi connectivity index (χ1v) is 7.51. The van der Waals surface area contributed by atoms with Crippen LogP contribution in [0.2, 0.25) is 5.02 Å². The highest BCUT2D eigenvalue weighted by Crippen LogP contribution is 2.29. The van der Waals surface area contributed by atoms with Crippen LogP contribution in [0, 0.1) is 0 Å². The zero-order valence-electron chi connectivity index (χ0n) is 10.6. The van der Waals surface area contributed by atoms with Crippen molar-refractivity contribution in [3.05, 3.63) is 29.0 Å². The van der Waals surface area contributed by atoms with Gasteiger partial charge in [-0.05, 0) is 31.0 Å². The Balaban J connectivity index is 2.11. The molecule has 0 aliphatic carbocycles. The van der Waals surface area contributed by atoms with Gasteiger partial charge in [-0.3, -0.25) is 0 Å². The van der Waals surface area contributed by atoms with E-state index in [4.69, 9.17) is 27.9 Å². The lowest BCUT2D eigenvalue weighted by molar-refractivity contribution is 0.0596. The minimum atomic E-state index is 0.343. The summed E-state index contributed by atoms with van der Waals surface area (Å²) in [6.45, 7) is 1.60. The Morgan fingerprint density at radius 1 is 1.42 bits per heavy atom. The van der Waals surface area contributed by atoms with E-state index in [0.717, 1.165) is 54.4 Å². The van der Waals surface area contributed by atoms with Crippen LogP contribution < -0.4 is 0 Å². The number of hydrogen-bond donors (Lipinski definition) is 0. The Hall–Kier alpha value is -0.770. The van der Waals surface area contributed by atoms with E-state index in [0.29, 0.717) is 11.9 Å². The van der Waals surface area contributed by atoms with Gasteiger partial charge in [-0.15, -0.1) is 11.6 Å². The van der Waals surface area contributed by atoms with Crippen LogP contribution in [0.25, 0.3) is 11.0 Å². The van der Waals surface area contributed by atoms with Crippen molar-refractivity contribution in [3.8, 4) is 0 Å². The van der Waals surface area contributed by atoms with Crippen molar-refractivity contribution >= 4 is 34.2 Å². The molecule has 1 aliphatic rings. The Morgan fingerprint density at radius 3 is 3.05 bits per heavy atom. The number of ether oxygens (including phenoxy) is 1. The second kappa shape index (κ2) is 5.70. The predicted molar refractivity (Wildman–Crippen MR) is 78.3 cm³/mol. The number of halogens is 2. The van der Waals surface area contributed by atoms with Crippen molar-refractivity contribution in [1.82, 2.24) is 9.55 Å². The summed E-state index contributed by atoms with van der Waals surface area (Å²) in [6, 6.07) is 6.17. The summed E-state index contributed by atoms with van der Waals surface area (Å²) < 4.78 is 7.87. The lowest BCUT2D eigenvalue weighted by Gasteiger charge is -2.25. The van der Waals surface area contributed by atoms with Gasteiger partial charge in [0.1, 0.15) is 5.82 Å². The zero-order valence-corrected chi connectivity index (χ0v) is 12.1. The van der Waals surface area contributed by atoms with E-state index in [1.54, 1.807) is 0 Å². The maximum atomic E-state index is 6.12. The third-order valence-corrected chi connectivity index (χ3v) is 3.97. The lowest BCUT2D eigenvalue weighted by Crippen LogP contribution is -2.23. The molecule has 1 aliphatic heterocycles. The third-order valence-electron chi connectivity index (χ3n) is 3.54. The Morgan fingerprint density at radius 2 is 2.32 bits per heavy atom. The SMILES string of the molecule is ClCCc1nc2ccc(Cl)cc2n1C1CCCOC1. The average molecular weight is 299 g/mol. The van der Waals surface area contributed by atoms with Crippen LogP contribution in [0.3, 0.4) is 0 Å². The molecule has 0 spiro atoms. The number of benzene rings is 1. The number of imidazole rings is 1. The van der Waals surface area contributed by atoms with Gasteiger partial charge in [-0.25, -0.2) is 4.98 Å². The van der Waals surface area contributed by atoms with Gasteiger partial charge in [0.25, 0.3) is 0 Å². The molecule has 1 aromatic carbocycles. The van der Waals surface area contributed by atoms with Gasteiger partial charge >= 0.3 is 0 Å². The average Bonchev–Trinajstić information content (AvgIpc) is 2.77. The van der Waals surface area contributed by atoms with E-state index in [2.05, 4.69) is 9.55 Å². The van der Waals surface area contributed by atoms with Crippen LogP contribution >= 0.6 is 23.2 Å². The van der Waals surface area contributed by atoms with Crippen molar-refractivity contribution < 1.29 is 4.74 Å². The highest BCUT2D eigenvalue weighted by atomic mass is 35.5. The number of alkyl halides is 1. The zero-order chi connectivity index (χ0) is 13.2. The molecule has 0 amide bonds. The maximum Gasteiger partial charge on any atom is 0.111 e. The minimum absolute atomic E-state index is 0.343. The van der Waals surface area contributed by atoms with Gasteiger partial charge in [-0.2, -0.15) is 0 Å². The van der Waals surface area contributed by atoms with E-state index >= 15 is 0 Å². The Labute approximate surface area is 122 Å². The standard InChI is InChI=1S/C14H16Cl2N2O/c15-6-5-14-17-12-4-3-10(16)8-13(12)18(14)11-2-1-7-19-9-11/h3-4,8,11H,1-2,5-7,9H2. The molecule has 2 heterocycles. The van der Waals surface area contributed by atoms with Crippen LogP contribution in [-0.4, -0.2) is 28.6 Å². The molecule has 1 fully saturated rings. The highest BCUT2D eigenvalue weighted by molar-refractivity contribution is 6.31. The first kappa shape index (κ1) is 13.2. The van der Waals surface area contributed by atoms with Crippen LogP contribution in [0.1, 0.15) is 24.7 Å². The lowest BCUT2D eigenvalue weighted by atomic mass is 10.1. The van der Waals surface area contributed by atoms with Crippen LogP contribution in [-0.2, 0) is 11.2 Å². The largest absolute Gasteiger partial charge is 0.379 e. The van der Waals surface area contributed by atoms with Gasteiger partial charge in [0, 0.05) is 23.9 Å². The van der Waals surface area contributed by atoms with E-state index in [1.165, 1.54) is 0 Å². The summed E-state index contributed by atoms with van der Waals surface area (Å²) in [5, 5.41) is 0.739. The number of fused-ring (bicyclic) bond motifs is 1. The summed E-state index contributed by atoms with van der Waals surface area (Å²) in [6.07, 6.45) is 2.98. The number of nitrogens with zero attached hydrogens (tertiary/aromatic N) is 2. The molecule has 0 radical (unpaired) electrons. The molecule has 1 unspecified atom stereocenters. The second-order valence-corrected chi connectivity index (χ2v) is 5.66. The predicted octanol–water partition coefficient (Wildman–Crippen LogP) is 3.82. The molecule has 1 saturated heterocycles. The monoisotopic (exact) mass is 298 g/mol. The van der Waals surface area contributed by atoms with Crippen molar-refractivity contribution in [2.75, 3.05) is 19.1 Å². The summed E-state index contributed by atoms with van der Waals surface area (Å²) in [5.74, 6) is 1.60. The number of aromatic nitrogens is 2. The van der Waals surface area contributed by atoms with E-state index in [-0.39, 0.29) is 0 Å².